The van der Waals surface area contributed by atoms with Crippen LogP contribution in [0.15, 0.2) is 60.9 Å². The Bertz CT molecular complexity index is 1830. The number of benzene rings is 2. The van der Waals surface area contributed by atoms with Gasteiger partial charge in [-0.05, 0) is 106 Å². The number of tetrazole rings is 1. The second kappa shape index (κ2) is 16.6. The van der Waals surface area contributed by atoms with Crippen molar-refractivity contribution >= 4 is 29.5 Å². The lowest BCUT2D eigenvalue weighted by Gasteiger charge is -2.32. The number of carbonyl (C=O) groups is 3. The minimum absolute atomic E-state index is 0.202. The maximum Gasteiger partial charge on any atom is 0.407 e. The van der Waals surface area contributed by atoms with E-state index in [4.69, 9.17) is 10.5 Å². The van der Waals surface area contributed by atoms with E-state index >= 15 is 0 Å². The second-order valence-electron chi connectivity index (χ2n) is 15.0. The molecule has 4 N–H and O–H groups in total. The highest BCUT2D eigenvalue weighted by Gasteiger charge is 2.35. The molecule has 1 atom stereocenters. The number of alkyl carbamates (subject to hydrolysis) is 1. The fourth-order valence-electron chi connectivity index (χ4n) is 6.77. The van der Waals surface area contributed by atoms with Crippen molar-refractivity contribution in [2.24, 2.45) is 17.6 Å². The smallest absolute Gasteiger partial charge is 0.407 e. The Hall–Kier alpha value is -5.28. The molecule has 2 aromatic carbocycles. The summed E-state index contributed by atoms with van der Waals surface area (Å²) >= 11 is 0. The van der Waals surface area contributed by atoms with Crippen molar-refractivity contribution in [1.82, 2.24) is 40.8 Å². The Labute approximate surface area is 309 Å². The molecule has 15 nitrogen and oxygen atoms in total. The average Bonchev–Trinajstić information content (AvgIpc) is 3.70. The molecule has 1 saturated carbocycles. The van der Waals surface area contributed by atoms with Crippen LogP contribution in [0.25, 0.3) is 22.5 Å². The van der Waals surface area contributed by atoms with Crippen LogP contribution in [0.3, 0.4) is 0 Å². The van der Waals surface area contributed by atoms with Gasteiger partial charge >= 0.3 is 6.09 Å². The van der Waals surface area contributed by atoms with Crippen LogP contribution in [0.2, 0.25) is 0 Å². The minimum atomic E-state index is -0.990. The normalized spacial score (nSPS) is 18.6. The highest BCUT2D eigenvalue weighted by atomic mass is 16.6. The maximum absolute atomic E-state index is 14.2. The number of nitrogens with one attached hydrogen (secondary N) is 2. The van der Waals surface area contributed by atoms with E-state index in [2.05, 4.69) is 52.8 Å². The molecule has 3 heterocycles. The van der Waals surface area contributed by atoms with Crippen LogP contribution in [0.5, 0.6) is 0 Å². The first-order valence-corrected chi connectivity index (χ1v) is 18.2. The van der Waals surface area contributed by atoms with Gasteiger partial charge in [0.25, 0.3) is 5.91 Å². The van der Waals surface area contributed by atoms with Crippen LogP contribution in [-0.2, 0) is 20.7 Å². The molecule has 3 amide bonds. The summed E-state index contributed by atoms with van der Waals surface area (Å²) in [5.74, 6) is 0.163. The minimum Gasteiger partial charge on any atom is -0.444 e. The summed E-state index contributed by atoms with van der Waals surface area (Å²) in [6.45, 7) is 9.64. The number of nitrogens with zero attached hydrogens (tertiary/aromatic N) is 8. The highest BCUT2D eigenvalue weighted by Crippen LogP contribution is 2.32. The summed E-state index contributed by atoms with van der Waals surface area (Å²) in [5, 5.41) is 17.0. The first-order valence-electron chi connectivity index (χ1n) is 18.2. The summed E-state index contributed by atoms with van der Waals surface area (Å²) in [5.41, 5.74) is 9.78. The van der Waals surface area contributed by atoms with E-state index in [-0.39, 0.29) is 24.2 Å². The largest absolute Gasteiger partial charge is 0.444 e. The first kappa shape index (κ1) is 37.5. The Kier molecular flexibility index (Phi) is 11.7. The van der Waals surface area contributed by atoms with Crippen LogP contribution >= 0.6 is 0 Å². The number of likely N-dealkylation sites (N-methyl/N-ethyl adjacent to an activating group) is 1. The lowest BCUT2D eigenvalue weighted by atomic mass is 9.81. The maximum atomic E-state index is 14.2. The van der Waals surface area contributed by atoms with Crippen LogP contribution in [-0.4, -0.2) is 105 Å². The zero-order chi connectivity index (χ0) is 37.5. The van der Waals surface area contributed by atoms with Gasteiger partial charge in [-0.3, -0.25) is 9.59 Å². The van der Waals surface area contributed by atoms with Gasteiger partial charge in [0.1, 0.15) is 5.60 Å². The summed E-state index contributed by atoms with van der Waals surface area (Å²) in [6.07, 6.45) is 6.03. The quantitative estimate of drug-likeness (QED) is 0.215. The molecule has 280 valence electrons. The number of rotatable bonds is 10. The number of aromatic amines is 1. The van der Waals surface area contributed by atoms with E-state index in [1.807, 2.05) is 57.4 Å². The Morgan fingerprint density at radius 2 is 1.66 bits per heavy atom. The van der Waals surface area contributed by atoms with E-state index in [0.29, 0.717) is 42.4 Å². The van der Waals surface area contributed by atoms with Gasteiger partial charge < -0.3 is 25.6 Å². The summed E-state index contributed by atoms with van der Waals surface area (Å²) in [7, 11) is 2.11. The molecule has 0 spiro atoms. The fourth-order valence-corrected chi connectivity index (χ4v) is 6.77. The monoisotopic (exact) mass is 723 g/mol. The van der Waals surface area contributed by atoms with Crippen LogP contribution in [0.1, 0.15) is 52.0 Å². The molecular formula is C38H49N11O4. The number of aromatic nitrogens is 6. The topological polar surface area (TPSA) is 188 Å². The van der Waals surface area contributed by atoms with E-state index in [0.717, 1.165) is 55.7 Å². The Morgan fingerprint density at radius 3 is 2.30 bits per heavy atom. The van der Waals surface area contributed by atoms with E-state index in [1.54, 1.807) is 24.3 Å². The molecule has 2 aliphatic rings. The average molecular weight is 724 g/mol. The van der Waals surface area contributed by atoms with Crippen molar-refractivity contribution < 1.29 is 19.1 Å². The second-order valence-corrected chi connectivity index (χ2v) is 15.0. The van der Waals surface area contributed by atoms with Crippen LogP contribution in [0.4, 0.5) is 16.4 Å². The molecule has 0 bridgehead atoms. The number of hydrogen-bond donors (Lipinski definition) is 3. The molecule has 53 heavy (non-hydrogen) atoms. The number of H-pyrrole nitrogens is 1. The third kappa shape index (κ3) is 9.78. The van der Waals surface area contributed by atoms with Crippen molar-refractivity contribution in [2.75, 3.05) is 49.6 Å². The predicted octanol–water partition coefficient (Wildman–Crippen LogP) is 3.84. The molecule has 6 rings (SSSR count). The van der Waals surface area contributed by atoms with Gasteiger partial charge in [-0.25, -0.2) is 19.7 Å². The lowest BCUT2D eigenvalue weighted by molar-refractivity contribution is -0.130. The molecule has 2 fully saturated rings. The molecule has 2 aromatic heterocycles. The lowest BCUT2D eigenvalue weighted by Crippen LogP contribution is -2.50. The van der Waals surface area contributed by atoms with Gasteiger partial charge in [0.05, 0.1) is 11.7 Å². The van der Waals surface area contributed by atoms with Gasteiger partial charge in [-0.15, -0.1) is 10.2 Å². The zero-order valence-corrected chi connectivity index (χ0v) is 30.9. The standard InChI is InChI=1S/C38H49N11O4/c1-38(2,3)53-37(52)42-22-25-8-10-28(11-9-25)34(50)49(31-14-12-27(13-15-31)33-43-45-46-44-33)35(51)32(39)21-26-6-5-7-29(20-26)30-23-40-36(41-24-30)48-18-16-47(4)17-19-48/h5-7,12-15,20,23-25,28,32H,8-11,16-19,21-22,39H2,1-4H3,(H,42,52)(H,43,44,45,46)/t25?,28?,32-/m0/s1. The molecular weight excluding hydrogens is 674 g/mol. The van der Waals surface area contributed by atoms with Crippen molar-refractivity contribution in [3.63, 3.8) is 0 Å². The fraction of sp³-hybridized carbons (Fsp3) is 0.474. The van der Waals surface area contributed by atoms with Crippen molar-refractivity contribution in [1.29, 1.82) is 0 Å². The number of imide groups is 1. The predicted molar refractivity (Wildman–Crippen MR) is 201 cm³/mol. The van der Waals surface area contributed by atoms with Gasteiger partial charge in [0.2, 0.25) is 17.7 Å². The SMILES string of the molecule is CN1CCN(c2ncc(-c3cccc(C[C@H](N)C(=O)N(C(=O)C4CCC(CNC(=O)OC(C)(C)C)CC4)c4ccc(-c5nn[nH]n5)cc4)c3)cn2)CC1. The number of piperazine rings is 1. The van der Waals surface area contributed by atoms with Crippen molar-refractivity contribution in [2.45, 2.75) is 64.5 Å². The first-order chi connectivity index (χ1) is 25.4. The van der Waals surface area contributed by atoms with Gasteiger partial charge in [0.15, 0.2) is 0 Å². The molecule has 0 unspecified atom stereocenters. The van der Waals surface area contributed by atoms with Gasteiger partial charge in [-0.1, -0.05) is 24.3 Å². The van der Waals surface area contributed by atoms with Crippen molar-refractivity contribution in [3.8, 4) is 22.5 Å². The Balaban J connectivity index is 1.14. The van der Waals surface area contributed by atoms with Crippen LogP contribution < -0.4 is 20.9 Å². The third-order valence-electron chi connectivity index (χ3n) is 9.76. The molecule has 1 saturated heterocycles. The third-order valence-corrected chi connectivity index (χ3v) is 9.76. The number of ether oxygens (including phenoxy) is 1. The van der Waals surface area contributed by atoms with E-state index < -0.39 is 23.6 Å². The summed E-state index contributed by atoms with van der Waals surface area (Å²) in [6, 6.07) is 13.7. The number of hydrogen-bond acceptors (Lipinski definition) is 12. The summed E-state index contributed by atoms with van der Waals surface area (Å²) in [4.78, 5) is 55.6. The number of amides is 3. The van der Waals surface area contributed by atoms with E-state index in [9.17, 15) is 14.4 Å². The summed E-state index contributed by atoms with van der Waals surface area (Å²) < 4.78 is 5.37. The molecule has 15 heteroatoms. The van der Waals surface area contributed by atoms with Crippen LogP contribution in [0, 0.1) is 11.8 Å². The number of anilines is 2. The number of nitrogens with two attached hydrogens (primary N) is 1. The number of carbonyl (C=O) groups excluding carboxylic acids is 3. The highest BCUT2D eigenvalue weighted by molar-refractivity contribution is 6.17. The molecule has 1 aliphatic heterocycles. The molecule has 4 aromatic rings. The van der Waals surface area contributed by atoms with Gasteiger partial charge in [-0.2, -0.15) is 5.21 Å². The van der Waals surface area contributed by atoms with Gasteiger partial charge in [0, 0.05) is 62.2 Å². The van der Waals surface area contributed by atoms with Crippen molar-refractivity contribution in [3.05, 3.63) is 66.5 Å². The Morgan fingerprint density at radius 1 is 0.962 bits per heavy atom. The zero-order valence-electron chi connectivity index (χ0n) is 30.9. The molecule has 0 radical (unpaired) electrons. The van der Waals surface area contributed by atoms with E-state index in [1.165, 1.54) is 4.90 Å². The molecule has 1 aliphatic carbocycles.